The molecule has 0 aromatic carbocycles. The van der Waals surface area contributed by atoms with E-state index in [4.69, 9.17) is 0 Å². The Morgan fingerprint density at radius 1 is 0.609 bits per heavy atom. The topological polar surface area (TPSA) is 20.3 Å². The number of rotatable bonds is 0. The van der Waals surface area contributed by atoms with E-state index in [9.17, 15) is 4.79 Å². The molecule has 2 nitrogen and oxygen atoms in total. The van der Waals surface area contributed by atoms with Gasteiger partial charge in [0, 0.05) is 28.8 Å². The lowest BCUT2D eigenvalue weighted by molar-refractivity contribution is -0.143. The summed E-state index contributed by atoms with van der Waals surface area (Å²) in [5.74, 6) is 0.199. The van der Waals surface area contributed by atoms with E-state index in [1.165, 1.54) is 0 Å². The van der Waals surface area contributed by atoms with Gasteiger partial charge in [-0.2, -0.15) is 0 Å². The Balaban J connectivity index is 0. The fourth-order valence-electron chi connectivity index (χ4n) is 6.03. The van der Waals surface area contributed by atoms with Crippen LogP contribution < -0.4 is 0 Å². The summed E-state index contributed by atoms with van der Waals surface area (Å²) in [6, 6.07) is 0. The van der Waals surface area contributed by atoms with Crippen molar-refractivity contribution in [3.05, 3.63) is 0 Å². The van der Waals surface area contributed by atoms with Crippen molar-refractivity contribution in [2.24, 2.45) is 16.2 Å². The Morgan fingerprint density at radius 3 is 1.00 bits per heavy atom. The Hall–Kier alpha value is -0.530. The lowest BCUT2D eigenvalue weighted by Crippen LogP contribution is -2.58. The Morgan fingerprint density at radius 2 is 0.826 bits per heavy atom. The van der Waals surface area contributed by atoms with Crippen LogP contribution in [0.25, 0.3) is 0 Å². The number of hydrogen-bond acceptors (Lipinski definition) is 1. The third kappa shape index (κ3) is 2.38. The summed E-state index contributed by atoms with van der Waals surface area (Å²) >= 11 is 0. The Bertz CT molecular complexity index is 378. The molecule has 0 N–H and O–H groups in total. The maximum absolute atomic E-state index is 12.1. The smallest absolute Gasteiger partial charge is 0.220 e. The summed E-state index contributed by atoms with van der Waals surface area (Å²) < 4.78 is 0. The van der Waals surface area contributed by atoms with Crippen molar-refractivity contribution >= 4 is 5.91 Å². The predicted octanol–water partition coefficient (Wildman–Crippen LogP) is 6.54. The molecule has 2 aliphatic rings. The average molecular weight is 328 g/mol. The van der Waals surface area contributed by atoms with Crippen LogP contribution in [-0.4, -0.2) is 21.9 Å². The molecule has 0 radical (unpaired) electrons. The van der Waals surface area contributed by atoms with E-state index in [1.54, 1.807) is 6.92 Å². The molecule has 2 unspecified atom stereocenters. The minimum atomic E-state index is -0.0828. The zero-order chi connectivity index (χ0) is 19.7. The average Bonchev–Trinajstić information content (AvgIpc) is 2.82. The van der Waals surface area contributed by atoms with Gasteiger partial charge in [-0.25, -0.2) is 0 Å². The second-order valence-electron chi connectivity index (χ2n) is 7.85. The fourth-order valence-corrected chi connectivity index (χ4v) is 6.03. The van der Waals surface area contributed by atoms with Crippen LogP contribution in [0.4, 0.5) is 0 Å². The summed E-state index contributed by atoms with van der Waals surface area (Å²) in [5, 5.41) is 0. The minimum Gasteiger partial charge on any atom is -0.332 e. The summed E-state index contributed by atoms with van der Waals surface area (Å²) in [4.78, 5) is 14.2. The van der Waals surface area contributed by atoms with Crippen molar-refractivity contribution in [1.82, 2.24) is 4.90 Å². The number of piperidine rings is 1. The molecule has 0 aromatic rings. The van der Waals surface area contributed by atoms with Gasteiger partial charge >= 0.3 is 0 Å². The highest BCUT2D eigenvalue weighted by molar-refractivity contribution is 5.77. The summed E-state index contributed by atoms with van der Waals surface area (Å²) in [5.41, 5.74) is 0.477. The van der Waals surface area contributed by atoms with Crippen LogP contribution >= 0.6 is 0 Å². The first kappa shape index (κ1) is 24.7. The van der Waals surface area contributed by atoms with E-state index in [0.29, 0.717) is 0 Å². The monoisotopic (exact) mass is 327 g/mol. The van der Waals surface area contributed by atoms with Gasteiger partial charge in [0.05, 0.1) is 0 Å². The molecule has 23 heavy (non-hydrogen) atoms. The van der Waals surface area contributed by atoms with Gasteiger partial charge < -0.3 is 4.90 Å². The number of nitrogens with zero attached hydrogens (tertiary/aromatic N) is 1. The van der Waals surface area contributed by atoms with Gasteiger partial charge in [-0.1, -0.05) is 69.2 Å². The second kappa shape index (κ2) is 7.15. The Kier molecular flexibility index (Phi) is 7.69. The molecule has 0 aromatic heterocycles. The van der Waals surface area contributed by atoms with Crippen molar-refractivity contribution in [3.63, 3.8) is 0 Å². The molecule has 0 bridgehead atoms. The van der Waals surface area contributed by atoms with Crippen LogP contribution in [0.3, 0.4) is 0 Å². The first-order chi connectivity index (χ1) is 10.3. The van der Waals surface area contributed by atoms with Gasteiger partial charge in [-0.3, -0.25) is 4.79 Å². The number of carbonyl (C=O) groups excluding carboxylic acids is 1. The van der Waals surface area contributed by atoms with Crippen LogP contribution in [0.5, 0.6) is 0 Å². The SMILES string of the molecule is CC.CC.CC.CC(=O)N1C(C)(C)C2(C)C(C)(C)C2(C)C1(C)C. The quantitative estimate of drug-likeness (QED) is 0.495. The van der Waals surface area contributed by atoms with E-state index < -0.39 is 0 Å². The maximum atomic E-state index is 12.1. The molecule has 140 valence electrons. The van der Waals surface area contributed by atoms with Crippen molar-refractivity contribution in [2.75, 3.05) is 0 Å². The standard InChI is InChI=1S/C15H27NO.3C2H6/c1-10(17)16-12(4,5)14(8)11(2,3)15(14,9)13(16,6)7;3*1-2/h1-9H3;3*1-2H3. The van der Waals surface area contributed by atoms with Gasteiger partial charge in [-0.15, -0.1) is 0 Å². The molecule has 1 heterocycles. The van der Waals surface area contributed by atoms with Crippen LogP contribution in [-0.2, 0) is 4.79 Å². The van der Waals surface area contributed by atoms with Crippen LogP contribution in [0.15, 0.2) is 0 Å². The Labute approximate surface area is 147 Å². The van der Waals surface area contributed by atoms with Gasteiger partial charge in [-0.05, 0) is 33.1 Å². The first-order valence-electron chi connectivity index (χ1n) is 9.62. The molecule has 0 spiro atoms. The summed E-state index contributed by atoms with van der Waals surface area (Å²) in [6.07, 6.45) is 0. The highest BCUT2D eigenvalue weighted by Crippen LogP contribution is 2.90. The van der Waals surface area contributed by atoms with Crippen molar-refractivity contribution in [3.8, 4) is 0 Å². The van der Waals surface area contributed by atoms with E-state index in [0.717, 1.165) is 0 Å². The molecule has 2 fully saturated rings. The molecule has 1 amide bonds. The first-order valence-corrected chi connectivity index (χ1v) is 9.62. The third-order valence-corrected chi connectivity index (χ3v) is 7.32. The predicted molar refractivity (Wildman–Crippen MR) is 105 cm³/mol. The lowest BCUT2D eigenvalue weighted by atomic mass is 9.78. The van der Waals surface area contributed by atoms with Gasteiger partial charge in [0.15, 0.2) is 0 Å². The van der Waals surface area contributed by atoms with Gasteiger partial charge in [0.25, 0.3) is 0 Å². The van der Waals surface area contributed by atoms with E-state index >= 15 is 0 Å². The minimum absolute atomic E-state index is 0.0828. The highest BCUT2D eigenvalue weighted by atomic mass is 16.2. The van der Waals surface area contributed by atoms with E-state index in [2.05, 4.69) is 60.3 Å². The largest absolute Gasteiger partial charge is 0.332 e. The number of hydrogen-bond donors (Lipinski definition) is 0. The summed E-state index contributed by atoms with van der Waals surface area (Å²) in [7, 11) is 0. The van der Waals surface area contributed by atoms with Crippen molar-refractivity contribution in [1.29, 1.82) is 0 Å². The normalized spacial score (nSPS) is 33.6. The number of carbonyl (C=O) groups is 1. The number of fused-ring (bicyclic) bond motifs is 1. The number of likely N-dealkylation sites (tertiary alicyclic amines) is 1. The molecule has 1 aliphatic heterocycles. The molecular formula is C21H45NO. The molecular weight excluding hydrogens is 282 g/mol. The van der Waals surface area contributed by atoms with Crippen LogP contribution in [0.1, 0.15) is 104 Å². The highest BCUT2D eigenvalue weighted by Gasteiger charge is 2.92. The zero-order valence-corrected chi connectivity index (χ0v) is 18.9. The van der Waals surface area contributed by atoms with Crippen LogP contribution in [0.2, 0.25) is 0 Å². The number of amides is 1. The van der Waals surface area contributed by atoms with E-state index in [1.807, 2.05) is 41.5 Å². The molecule has 2 heteroatoms. The second-order valence-corrected chi connectivity index (χ2v) is 7.85. The maximum Gasteiger partial charge on any atom is 0.220 e. The van der Waals surface area contributed by atoms with Gasteiger partial charge in [0.1, 0.15) is 0 Å². The lowest BCUT2D eigenvalue weighted by Gasteiger charge is -2.49. The summed E-state index contributed by atoms with van der Waals surface area (Å²) in [6.45, 7) is 32.1. The van der Waals surface area contributed by atoms with Gasteiger partial charge in [0.2, 0.25) is 5.91 Å². The third-order valence-electron chi connectivity index (χ3n) is 7.32. The fraction of sp³-hybridized carbons (Fsp3) is 0.952. The zero-order valence-electron chi connectivity index (χ0n) is 18.9. The van der Waals surface area contributed by atoms with E-state index in [-0.39, 0.29) is 33.2 Å². The van der Waals surface area contributed by atoms with Crippen molar-refractivity contribution in [2.45, 2.75) is 115 Å². The molecule has 1 saturated carbocycles. The van der Waals surface area contributed by atoms with Crippen molar-refractivity contribution < 1.29 is 4.79 Å². The molecule has 2 rings (SSSR count). The van der Waals surface area contributed by atoms with Crippen LogP contribution in [0, 0.1) is 16.2 Å². The molecule has 1 saturated heterocycles. The molecule has 1 aliphatic carbocycles. The molecule has 2 atom stereocenters.